The van der Waals surface area contributed by atoms with Crippen LogP contribution in [0.1, 0.15) is 38.7 Å². The molecule has 180 valence electrons. The Morgan fingerprint density at radius 3 is 2.49 bits per heavy atom. The third kappa shape index (κ3) is 3.96. The van der Waals surface area contributed by atoms with Crippen molar-refractivity contribution in [2.45, 2.75) is 18.5 Å². The maximum atomic E-state index is 13.5. The van der Waals surface area contributed by atoms with Gasteiger partial charge >= 0.3 is 0 Å². The summed E-state index contributed by atoms with van der Waals surface area (Å²) in [5.41, 5.74) is 5.29. The Hall–Kier alpha value is -3.71. The highest BCUT2D eigenvalue weighted by Gasteiger charge is 2.47. The molecule has 7 heteroatoms. The molecule has 0 unspecified atom stereocenters. The average molecular weight is 471 g/mol. The first-order chi connectivity index (χ1) is 16.9. The van der Waals surface area contributed by atoms with Crippen molar-refractivity contribution in [3.63, 3.8) is 0 Å². The normalized spacial score (nSPS) is 20.9. The third-order valence-electron chi connectivity index (χ3n) is 7.39. The number of aromatic nitrogens is 1. The van der Waals surface area contributed by atoms with Crippen LogP contribution in [0.25, 0.3) is 11.1 Å². The van der Waals surface area contributed by atoms with E-state index < -0.39 is 0 Å². The van der Waals surface area contributed by atoms with Crippen LogP contribution in [0.4, 0.5) is 5.69 Å². The largest absolute Gasteiger partial charge is 0.394 e. The number of aliphatic hydroxyl groups excluding tert-OH is 1. The van der Waals surface area contributed by atoms with Gasteiger partial charge < -0.3 is 19.8 Å². The first-order valence-corrected chi connectivity index (χ1v) is 11.9. The Kier molecular flexibility index (Phi) is 6.03. The van der Waals surface area contributed by atoms with Crippen LogP contribution in [-0.2, 0) is 0 Å². The van der Waals surface area contributed by atoms with Gasteiger partial charge in [-0.25, -0.2) is 0 Å². The Labute approximate surface area is 205 Å². The highest BCUT2D eigenvalue weighted by Crippen LogP contribution is 2.49. The Morgan fingerprint density at radius 2 is 1.77 bits per heavy atom. The van der Waals surface area contributed by atoms with E-state index in [1.807, 2.05) is 42.3 Å². The molecule has 2 aliphatic rings. The fourth-order valence-corrected chi connectivity index (χ4v) is 5.61. The number of benzene rings is 2. The van der Waals surface area contributed by atoms with Crippen LogP contribution in [0.2, 0.25) is 0 Å². The van der Waals surface area contributed by atoms with Crippen LogP contribution in [-0.4, -0.2) is 72.0 Å². The van der Waals surface area contributed by atoms with Crippen molar-refractivity contribution >= 4 is 17.5 Å². The molecule has 0 spiro atoms. The Bertz CT molecular complexity index is 1260. The Morgan fingerprint density at radius 1 is 1.03 bits per heavy atom. The zero-order chi connectivity index (χ0) is 24.7. The number of likely N-dealkylation sites (tertiary alicyclic amines) is 1. The molecule has 0 aliphatic carbocycles. The van der Waals surface area contributed by atoms with Gasteiger partial charge in [-0.1, -0.05) is 18.2 Å². The number of amides is 2. The molecule has 35 heavy (non-hydrogen) atoms. The molecule has 3 atom stereocenters. The van der Waals surface area contributed by atoms with Crippen molar-refractivity contribution in [1.29, 1.82) is 0 Å². The highest BCUT2D eigenvalue weighted by molar-refractivity contribution is 5.96. The lowest BCUT2D eigenvalue weighted by atomic mass is 9.81. The van der Waals surface area contributed by atoms with Crippen LogP contribution in [0.5, 0.6) is 0 Å². The summed E-state index contributed by atoms with van der Waals surface area (Å²) in [5.74, 6) is 0.0663. The van der Waals surface area contributed by atoms with Crippen molar-refractivity contribution in [2.75, 3.05) is 39.2 Å². The lowest BCUT2D eigenvalue weighted by Crippen LogP contribution is -2.48. The molecule has 2 aromatic carbocycles. The highest BCUT2D eigenvalue weighted by atomic mass is 16.3. The number of hydrogen-bond acceptors (Lipinski definition) is 5. The molecule has 2 aliphatic heterocycles. The molecule has 3 aromatic rings. The molecule has 1 N–H and O–H groups in total. The molecule has 1 aromatic heterocycles. The number of carbonyl (C=O) groups is 2. The number of aliphatic hydroxyl groups is 1. The van der Waals surface area contributed by atoms with E-state index >= 15 is 0 Å². The van der Waals surface area contributed by atoms with Crippen molar-refractivity contribution < 1.29 is 14.7 Å². The fourth-order valence-electron chi connectivity index (χ4n) is 5.61. The molecule has 3 heterocycles. The number of carbonyl (C=O) groups excluding carboxylic acids is 2. The van der Waals surface area contributed by atoms with Gasteiger partial charge in [-0.2, -0.15) is 0 Å². The predicted octanol–water partition coefficient (Wildman–Crippen LogP) is 3.46. The van der Waals surface area contributed by atoms with Gasteiger partial charge in [0.25, 0.3) is 11.8 Å². The summed E-state index contributed by atoms with van der Waals surface area (Å²) < 4.78 is 0. The van der Waals surface area contributed by atoms with Crippen molar-refractivity contribution in [3.8, 4) is 11.1 Å². The lowest BCUT2D eigenvalue weighted by Gasteiger charge is -2.44. The van der Waals surface area contributed by atoms with E-state index in [0.717, 1.165) is 28.8 Å². The second kappa shape index (κ2) is 9.15. The number of fused-ring (bicyclic) bond motifs is 3. The topological polar surface area (TPSA) is 77.0 Å². The molecule has 1 saturated heterocycles. The van der Waals surface area contributed by atoms with Gasteiger partial charge in [0.15, 0.2) is 0 Å². The van der Waals surface area contributed by atoms with E-state index in [-0.39, 0.29) is 36.4 Å². The van der Waals surface area contributed by atoms with Crippen LogP contribution in [0.15, 0.2) is 67.0 Å². The van der Waals surface area contributed by atoms with Crippen LogP contribution in [0, 0.1) is 5.92 Å². The van der Waals surface area contributed by atoms with Gasteiger partial charge in [0.1, 0.15) is 0 Å². The first kappa shape index (κ1) is 23.1. The molecule has 5 rings (SSSR count). The van der Waals surface area contributed by atoms with E-state index in [0.29, 0.717) is 17.7 Å². The van der Waals surface area contributed by atoms with Gasteiger partial charge in [0.05, 0.1) is 18.7 Å². The second-order valence-corrected chi connectivity index (χ2v) is 9.55. The minimum atomic E-state index is -0.134. The van der Waals surface area contributed by atoms with Crippen molar-refractivity contribution in [2.24, 2.45) is 5.92 Å². The molecular weight excluding hydrogens is 440 g/mol. The number of likely N-dealkylation sites (N-methyl/N-ethyl adjacent to an activating group) is 1. The van der Waals surface area contributed by atoms with Crippen LogP contribution >= 0.6 is 0 Å². The van der Waals surface area contributed by atoms with E-state index in [4.69, 9.17) is 0 Å². The smallest absolute Gasteiger partial charge is 0.254 e. The molecular formula is C28H30N4O3. The third-order valence-corrected chi connectivity index (χ3v) is 7.39. The van der Waals surface area contributed by atoms with E-state index in [9.17, 15) is 14.7 Å². The molecule has 0 radical (unpaired) electrons. The van der Waals surface area contributed by atoms with Crippen molar-refractivity contribution in [3.05, 3.63) is 83.7 Å². The number of anilines is 1. The van der Waals surface area contributed by atoms with Crippen molar-refractivity contribution in [1.82, 2.24) is 14.8 Å². The first-order valence-electron chi connectivity index (χ1n) is 11.9. The summed E-state index contributed by atoms with van der Waals surface area (Å²) in [6.07, 6.45) is 4.10. The van der Waals surface area contributed by atoms with Gasteiger partial charge in [0.2, 0.25) is 0 Å². The van der Waals surface area contributed by atoms with E-state index in [2.05, 4.69) is 22.0 Å². The summed E-state index contributed by atoms with van der Waals surface area (Å²) in [6, 6.07) is 17.2. The Balaban J connectivity index is 1.59. The predicted molar refractivity (Wildman–Crippen MR) is 135 cm³/mol. The molecule has 7 nitrogen and oxygen atoms in total. The van der Waals surface area contributed by atoms with E-state index in [1.165, 1.54) is 0 Å². The molecule has 2 amide bonds. The SMILES string of the molecule is CN(C)C(=O)c1cccc(-c2ccc3c(c2)[C@@H]2[C@@H](CCN2C(=O)c2ccncc2)[C@H](CO)N3C)c1. The minimum absolute atomic E-state index is 0.0175. The molecule has 0 saturated carbocycles. The maximum Gasteiger partial charge on any atom is 0.254 e. The standard InChI is InChI=1S/C28H30N4O3/c1-30(2)27(34)21-6-4-5-19(15-21)20-7-8-24-23(16-20)26-22(25(17-33)31(24)3)11-14-32(26)28(35)18-9-12-29-13-10-18/h4-10,12-13,15-16,22,25-26,33H,11,14,17H2,1-3H3/t22-,25-,26-/m0/s1. The maximum absolute atomic E-state index is 13.5. The number of nitrogens with zero attached hydrogens (tertiary/aromatic N) is 4. The summed E-state index contributed by atoms with van der Waals surface area (Å²) in [6.45, 7) is 0.669. The number of rotatable bonds is 4. The van der Waals surface area contributed by atoms with Gasteiger partial charge in [-0.15, -0.1) is 0 Å². The van der Waals surface area contributed by atoms with Crippen LogP contribution < -0.4 is 4.90 Å². The zero-order valence-corrected chi connectivity index (χ0v) is 20.3. The average Bonchev–Trinajstić information content (AvgIpc) is 3.33. The monoisotopic (exact) mass is 470 g/mol. The quantitative estimate of drug-likeness (QED) is 0.632. The summed E-state index contributed by atoms with van der Waals surface area (Å²) in [5, 5.41) is 10.2. The number of hydrogen-bond donors (Lipinski definition) is 1. The molecule has 1 fully saturated rings. The number of pyridine rings is 1. The molecule has 0 bridgehead atoms. The zero-order valence-electron chi connectivity index (χ0n) is 20.3. The minimum Gasteiger partial charge on any atom is -0.394 e. The fraction of sp³-hybridized carbons (Fsp3) is 0.321. The van der Waals surface area contributed by atoms with Gasteiger partial charge in [-0.05, 0) is 59.5 Å². The summed E-state index contributed by atoms with van der Waals surface area (Å²) in [4.78, 5) is 35.7. The van der Waals surface area contributed by atoms with E-state index in [1.54, 1.807) is 43.5 Å². The second-order valence-electron chi connectivity index (χ2n) is 9.55. The van der Waals surface area contributed by atoms with Gasteiger partial charge in [0, 0.05) is 62.8 Å². The van der Waals surface area contributed by atoms with Crippen LogP contribution in [0.3, 0.4) is 0 Å². The van der Waals surface area contributed by atoms with Gasteiger partial charge in [-0.3, -0.25) is 14.6 Å². The summed E-state index contributed by atoms with van der Waals surface area (Å²) >= 11 is 0. The lowest BCUT2D eigenvalue weighted by molar-refractivity contribution is 0.0693. The summed E-state index contributed by atoms with van der Waals surface area (Å²) in [7, 11) is 5.51.